The topological polar surface area (TPSA) is 44.8 Å². The number of anilines is 2. The molecule has 0 radical (unpaired) electrons. The van der Waals surface area contributed by atoms with Crippen LogP contribution in [-0.4, -0.2) is 44.2 Å². The molecule has 0 aromatic heterocycles. The summed E-state index contributed by atoms with van der Waals surface area (Å²) >= 11 is 6.11. The second-order valence-electron chi connectivity index (χ2n) is 6.52. The van der Waals surface area contributed by atoms with E-state index in [1.807, 2.05) is 4.90 Å². The Bertz CT molecular complexity index is 802. The van der Waals surface area contributed by atoms with Crippen molar-refractivity contribution in [3.05, 3.63) is 52.5 Å². The largest absolute Gasteiger partial charge is 0.495 e. The van der Waals surface area contributed by atoms with Crippen LogP contribution in [0.3, 0.4) is 0 Å². The number of rotatable bonds is 3. The predicted octanol–water partition coefficient (Wildman–Crippen LogP) is 4.32. The molecule has 1 fully saturated rings. The number of benzene rings is 2. The number of urea groups is 1. The molecule has 138 valence electrons. The van der Waals surface area contributed by atoms with Gasteiger partial charge in [-0.15, -0.1) is 0 Å². The van der Waals surface area contributed by atoms with E-state index in [0.29, 0.717) is 29.5 Å². The van der Waals surface area contributed by atoms with Gasteiger partial charge in [-0.3, -0.25) is 0 Å². The van der Waals surface area contributed by atoms with Crippen LogP contribution in [0.1, 0.15) is 11.1 Å². The molecule has 2 aromatic carbocycles. The Kier molecular flexibility index (Phi) is 5.57. The van der Waals surface area contributed by atoms with Crippen molar-refractivity contribution < 1.29 is 9.53 Å². The van der Waals surface area contributed by atoms with Crippen molar-refractivity contribution in [3.8, 4) is 5.75 Å². The van der Waals surface area contributed by atoms with Crippen molar-refractivity contribution in [1.29, 1.82) is 0 Å². The van der Waals surface area contributed by atoms with Gasteiger partial charge in [-0.25, -0.2) is 4.79 Å². The first-order valence-corrected chi connectivity index (χ1v) is 9.07. The summed E-state index contributed by atoms with van der Waals surface area (Å²) in [6.07, 6.45) is 0. The number of methoxy groups -OCH3 is 1. The maximum atomic E-state index is 12.5. The van der Waals surface area contributed by atoms with Gasteiger partial charge < -0.3 is 19.9 Å². The quantitative estimate of drug-likeness (QED) is 0.871. The number of amides is 2. The molecule has 0 atom stereocenters. The fraction of sp³-hybridized carbons (Fsp3) is 0.350. The summed E-state index contributed by atoms with van der Waals surface area (Å²) in [4.78, 5) is 16.6. The minimum absolute atomic E-state index is 0.106. The number of hydrogen-bond donors (Lipinski definition) is 1. The molecule has 5 nitrogen and oxygen atoms in total. The van der Waals surface area contributed by atoms with Crippen LogP contribution in [0.25, 0.3) is 0 Å². The minimum atomic E-state index is -0.106. The Labute approximate surface area is 159 Å². The van der Waals surface area contributed by atoms with Gasteiger partial charge >= 0.3 is 6.03 Å². The summed E-state index contributed by atoms with van der Waals surface area (Å²) in [5.74, 6) is 0.590. The Balaban J connectivity index is 1.58. The molecule has 0 bridgehead atoms. The summed E-state index contributed by atoms with van der Waals surface area (Å²) in [6.45, 7) is 7.25. The monoisotopic (exact) mass is 373 g/mol. The molecule has 6 heteroatoms. The van der Waals surface area contributed by atoms with Crippen molar-refractivity contribution in [2.24, 2.45) is 0 Å². The second kappa shape index (κ2) is 7.87. The fourth-order valence-corrected chi connectivity index (χ4v) is 3.29. The van der Waals surface area contributed by atoms with E-state index >= 15 is 0 Å². The summed E-state index contributed by atoms with van der Waals surface area (Å²) in [6, 6.07) is 11.6. The molecule has 1 N–H and O–H groups in total. The van der Waals surface area contributed by atoms with Gasteiger partial charge in [0.2, 0.25) is 0 Å². The predicted molar refractivity (Wildman–Crippen MR) is 107 cm³/mol. The second-order valence-corrected chi connectivity index (χ2v) is 6.93. The summed E-state index contributed by atoms with van der Waals surface area (Å²) < 4.78 is 5.13. The van der Waals surface area contributed by atoms with E-state index in [1.165, 1.54) is 16.8 Å². The van der Waals surface area contributed by atoms with Gasteiger partial charge in [0, 0.05) is 37.6 Å². The normalized spacial score (nSPS) is 14.3. The highest BCUT2D eigenvalue weighted by atomic mass is 35.5. The summed E-state index contributed by atoms with van der Waals surface area (Å²) in [5.41, 5.74) is 4.47. The van der Waals surface area contributed by atoms with E-state index in [0.717, 1.165) is 13.1 Å². The molecule has 3 rings (SSSR count). The van der Waals surface area contributed by atoms with Crippen LogP contribution in [0, 0.1) is 13.8 Å². The third kappa shape index (κ3) is 4.05. The van der Waals surface area contributed by atoms with Gasteiger partial charge in [0.15, 0.2) is 0 Å². The standard InChI is InChI=1S/C20H24ClN3O2/c1-14-4-6-17(12-15(14)2)23-8-10-24(11-9-23)20(25)22-16-5-7-19(26-3)18(21)13-16/h4-7,12-13H,8-11H2,1-3H3,(H,22,25). The van der Waals surface area contributed by atoms with Gasteiger partial charge in [-0.2, -0.15) is 0 Å². The van der Waals surface area contributed by atoms with E-state index in [2.05, 4.69) is 42.3 Å². The number of carbonyl (C=O) groups excluding carboxylic acids is 1. The molecule has 0 unspecified atom stereocenters. The summed E-state index contributed by atoms with van der Waals surface area (Å²) in [7, 11) is 1.56. The maximum absolute atomic E-state index is 12.5. The zero-order valence-corrected chi connectivity index (χ0v) is 16.1. The molecule has 0 spiro atoms. The molecular weight excluding hydrogens is 350 g/mol. The summed E-state index contributed by atoms with van der Waals surface area (Å²) in [5, 5.41) is 3.38. The lowest BCUT2D eigenvalue weighted by Crippen LogP contribution is -2.50. The molecule has 1 saturated heterocycles. The highest BCUT2D eigenvalue weighted by molar-refractivity contribution is 6.32. The van der Waals surface area contributed by atoms with Crippen LogP contribution in [0.2, 0.25) is 5.02 Å². The van der Waals surface area contributed by atoms with Crippen LogP contribution in [0.15, 0.2) is 36.4 Å². The molecule has 0 saturated carbocycles. The van der Waals surface area contributed by atoms with Crippen molar-refractivity contribution >= 4 is 29.0 Å². The van der Waals surface area contributed by atoms with Gasteiger partial charge in [0.1, 0.15) is 5.75 Å². The number of aryl methyl sites for hydroxylation is 2. The lowest BCUT2D eigenvalue weighted by Gasteiger charge is -2.36. The lowest BCUT2D eigenvalue weighted by molar-refractivity contribution is 0.208. The van der Waals surface area contributed by atoms with Crippen LogP contribution in [-0.2, 0) is 0 Å². The first-order chi connectivity index (χ1) is 12.5. The van der Waals surface area contributed by atoms with E-state index < -0.39 is 0 Å². The zero-order valence-electron chi connectivity index (χ0n) is 15.4. The molecule has 2 amide bonds. The number of piperazine rings is 1. The highest BCUT2D eigenvalue weighted by Gasteiger charge is 2.21. The Morgan fingerprint density at radius 2 is 1.77 bits per heavy atom. The lowest BCUT2D eigenvalue weighted by atomic mass is 10.1. The number of hydrogen-bond acceptors (Lipinski definition) is 3. The number of halogens is 1. The Morgan fingerprint density at radius 3 is 2.38 bits per heavy atom. The molecule has 1 heterocycles. The van der Waals surface area contributed by atoms with Crippen LogP contribution >= 0.6 is 11.6 Å². The van der Waals surface area contributed by atoms with Crippen molar-refractivity contribution in [1.82, 2.24) is 4.90 Å². The first-order valence-electron chi connectivity index (χ1n) is 8.69. The van der Waals surface area contributed by atoms with Crippen molar-refractivity contribution in [3.63, 3.8) is 0 Å². The molecule has 2 aromatic rings. The number of ether oxygens (including phenoxy) is 1. The highest BCUT2D eigenvalue weighted by Crippen LogP contribution is 2.27. The van der Waals surface area contributed by atoms with Gasteiger partial charge in [0.25, 0.3) is 0 Å². The van der Waals surface area contributed by atoms with Crippen LogP contribution in [0.5, 0.6) is 5.75 Å². The average Bonchev–Trinajstić information content (AvgIpc) is 2.64. The average molecular weight is 374 g/mol. The van der Waals surface area contributed by atoms with E-state index in [1.54, 1.807) is 25.3 Å². The fourth-order valence-electron chi connectivity index (χ4n) is 3.04. The Hall–Kier alpha value is -2.40. The molecule has 0 aliphatic carbocycles. The van der Waals surface area contributed by atoms with Crippen molar-refractivity contribution in [2.75, 3.05) is 43.5 Å². The van der Waals surface area contributed by atoms with Gasteiger partial charge in [0.05, 0.1) is 12.1 Å². The van der Waals surface area contributed by atoms with E-state index in [9.17, 15) is 4.79 Å². The molecule has 1 aliphatic heterocycles. The van der Waals surface area contributed by atoms with E-state index in [4.69, 9.17) is 16.3 Å². The number of nitrogens with one attached hydrogen (secondary N) is 1. The van der Waals surface area contributed by atoms with Gasteiger partial charge in [-0.1, -0.05) is 17.7 Å². The minimum Gasteiger partial charge on any atom is -0.495 e. The first kappa shape index (κ1) is 18.4. The molecule has 1 aliphatic rings. The van der Waals surface area contributed by atoms with E-state index in [-0.39, 0.29) is 6.03 Å². The smallest absolute Gasteiger partial charge is 0.321 e. The van der Waals surface area contributed by atoms with Crippen LogP contribution < -0.4 is 15.0 Å². The van der Waals surface area contributed by atoms with Crippen LogP contribution in [0.4, 0.5) is 16.2 Å². The SMILES string of the molecule is COc1ccc(NC(=O)N2CCN(c3ccc(C)c(C)c3)CC2)cc1Cl. The Morgan fingerprint density at radius 1 is 1.04 bits per heavy atom. The molecular formula is C20H24ClN3O2. The third-order valence-electron chi connectivity index (χ3n) is 4.83. The maximum Gasteiger partial charge on any atom is 0.321 e. The van der Waals surface area contributed by atoms with Gasteiger partial charge in [-0.05, 0) is 55.3 Å². The zero-order chi connectivity index (χ0) is 18.7. The molecule has 26 heavy (non-hydrogen) atoms. The third-order valence-corrected chi connectivity index (χ3v) is 5.12. The number of nitrogens with zero attached hydrogens (tertiary/aromatic N) is 2. The number of carbonyl (C=O) groups is 1. The van der Waals surface area contributed by atoms with Crippen molar-refractivity contribution in [2.45, 2.75) is 13.8 Å².